The maximum Gasteiger partial charge on any atom is 0.416 e. The Hall–Kier alpha value is -2.88. The van der Waals surface area contributed by atoms with Gasteiger partial charge in [0, 0.05) is 5.92 Å². The second-order valence-corrected chi connectivity index (χ2v) is 8.55. The fourth-order valence-electron chi connectivity index (χ4n) is 3.34. The van der Waals surface area contributed by atoms with Gasteiger partial charge in [-0.3, -0.25) is 18.7 Å². The monoisotopic (exact) mass is 458 g/mol. The second-order valence-electron chi connectivity index (χ2n) is 6.94. The predicted octanol–water partition coefficient (Wildman–Crippen LogP) is 3.00. The third kappa shape index (κ3) is 4.73. The smallest absolute Gasteiger partial charge is 0.416 e. The van der Waals surface area contributed by atoms with Crippen LogP contribution < -0.4 is 15.9 Å². The summed E-state index contributed by atoms with van der Waals surface area (Å²) in [5.41, 5.74) is -3.91. The summed E-state index contributed by atoms with van der Waals surface area (Å²) >= 11 is 0. The van der Waals surface area contributed by atoms with E-state index in [1.165, 1.54) is 14.0 Å². The number of nitrogens with one attached hydrogen (secondary N) is 1. The molecule has 2 aromatic carbocycles. The van der Waals surface area contributed by atoms with Crippen molar-refractivity contribution in [1.82, 2.24) is 9.55 Å². The van der Waals surface area contributed by atoms with Crippen molar-refractivity contribution in [2.24, 2.45) is 0 Å². The molecule has 31 heavy (non-hydrogen) atoms. The van der Waals surface area contributed by atoms with Crippen LogP contribution in [0.15, 0.2) is 46.0 Å². The number of alkyl halides is 3. The van der Waals surface area contributed by atoms with Crippen molar-refractivity contribution in [3.8, 4) is 5.75 Å². The SMILES string of the molecule is COc1ccc(C(C)c2cc3c(cc2C(F)(F)F)[nH]c(=O)c(=O)n3CP(=O)(O)O)cc1. The van der Waals surface area contributed by atoms with Crippen molar-refractivity contribution in [2.75, 3.05) is 7.11 Å². The molecule has 1 aromatic heterocycles. The summed E-state index contributed by atoms with van der Waals surface area (Å²) in [5.74, 6) is -0.295. The van der Waals surface area contributed by atoms with E-state index in [4.69, 9.17) is 4.74 Å². The lowest BCUT2D eigenvalue weighted by Crippen LogP contribution is -2.36. The van der Waals surface area contributed by atoms with Gasteiger partial charge in [0.1, 0.15) is 12.0 Å². The van der Waals surface area contributed by atoms with Crippen LogP contribution in [0.4, 0.5) is 13.2 Å². The number of H-pyrrole nitrogens is 1. The summed E-state index contributed by atoms with van der Waals surface area (Å²) in [6, 6.07) is 8.04. The molecule has 0 spiro atoms. The maximum atomic E-state index is 13.8. The van der Waals surface area contributed by atoms with Crippen molar-refractivity contribution >= 4 is 18.6 Å². The van der Waals surface area contributed by atoms with Gasteiger partial charge < -0.3 is 19.5 Å². The van der Waals surface area contributed by atoms with Crippen LogP contribution in [0.3, 0.4) is 0 Å². The molecule has 166 valence electrons. The molecule has 1 atom stereocenters. The van der Waals surface area contributed by atoms with E-state index in [1.54, 1.807) is 24.3 Å². The van der Waals surface area contributed by atoms with E-state index in [-0.39, 0.29) is 16.6 Å². The zero-order chi connectivity index (χ0) is 23.1. The summed E-state index contributed by atoms with van der Waals surface area (Å²) in [6.07, 6.45) is -5.93. The van der Waals surface area contributed by atoms with Crippen LogP contribution in [0.25, 0.3) is 11.0 Å². The van der Waals surface area contributed by atoms with Crippen molar-refractivity contribution in [1.29, 1.82) is 0 Å². The van der Waals surface area contributed by atoms with Crippen molar-refractivity contribution < 1.29 is 32.3 Å². The number of fused-ring (bicyclic) bond motifs is 1. The van der Waals surface area contributed by atoms with Crippen LogP contribution in [0.2, 0.25) is 0 Å². The minimum absolute atomic E-state index is 0.226. The number of aromatic nitrogens is 2. The Morgan fingerprint density at radius 2 is 1.77 bits per heavy atom. The molecule has 0 bridgehead atoms. The van der Waals surface area contributed by atoms with Gasteiger partial charge in [-0.15, -0.1) is 0 Å². The van der Waals surface area contributed by atoms with E-state index < -0.39 is 42.7 Å². The van der Waals surface area contributed by atoms with Crippen LogP contribution in [-0.2, 0) is 17.0 Å². The molecule has 12 heteroatoms. The zero-order valence-electron chi connectivity index (χ0n) is 16.3. The molecule has 0 aliphatic rings. The van der Waals surface area contributed by atoms with Gasteiger partial charge in [-0.25, -0.2) is 0 Å². The molecule has 0 aliphatic heterocycles. The summed E-state index contributed by atoms with van der Waals surface area (Å²) in [7, 11) is -3.37. The maximum absolute atomic E-state index is 13.8. The lowest BCUT2D eigenvalue weighted by atomic mass is 9.88. The second kappa shape index (κ2) is 7.99. The number of methoxy groups -OCH3 is 1. The molecular formula is C19H18F3N2O6P. The first-order valence-corrected chi connectivity index (χ1v) is 10.7. The summed E-state index contributed by atoms with van der Waals surface area (Å²) in [5, 5.41) is 0. The normalized spacial score (nSPS) is 13.4. The Balaban J connectivity index is 2.33. The number of nitrogens with zero attached hydrogens (tertiary/aromatic N) is 1. The predicted molar refractivity (Wildman–Crippen MR) is 106 cm³/mol. The van der Waals surface area contributed by atoms with E-state index in [2.05, 4.69) is 4.98 Å². The molecule has 1 unspecified atom stereocenters. The van der Waals surface area contributed by atoms with Gasteiger partial charge in [0.25, 0.3) is 0 Å². The van der Waals surface area contributed by atoms with Crippen LogP contribution in [0.1, 0.15) is 29.5 Å². The first-order chi connectivity index (χ1) is 14.3. The van der Waals surface area contributed by atoms with Gasteiger partial charge in [0.15, 0.2) is 0 Å². The van der Waals surface area contributed by atoms with Gasteiger partial charge >= 0.3 is 24.9 Å². The van der Waals surface area contributed by atoms with Crippen molar-refractivity contribution in [3.63, 3.8) is 0 Å². The molecule has 0 fully saturated rings. The van der Waals surface area contributed by atoms with Crippen molar-refractivity contribution in [3.05, 3.63) is 73.8 Å². The minimum Gasteiger partial charge on any atom is -0.497 e. The van der Waals surface area contributed by atoms with E-state index in [0.717, 1.165) is 6.07 Å². The number of hydrogen-bond acceptors (Lipinski definition) is 4. The van der Waals surface area contributed by atoms with Gasteiger partial charge in [-0.1, -0.05) is 19.1 Å². The van der Waals surface area contributed by atoms with Gasteiger partial charge in [-0.05, 0) is 35.4 Å². The molecular weight excluding hydrogens is 440 g/mol. The highest BCUT2D eigenvalue weighted by molar-refractivity contribution is 7.50. The van der Waals surface area contributed by atoms with Crippen LogP contribution in [-0.4, -0.2) is 26.4 Å². The largest absolute Gasteiger partial charge is 0.497 e. The lowest BCUT2D eigenvalue weighted by molar-refractivity contribution is -0.138. The number of benzene rings is 2. The highest BCUT2D eigenvalue weighted by atomic mass is 31.2. The first kappa shape index (κ1) is 22.8. The minimum atomic E-state index is -4.82. The number of ether oxygens (including phenoxy) is 1. The Bertz CT molecular complexity index is 1290. The van der Waals surface area contributed by atoms with Gasteiger partial charge in [0.2, 0.25) is 0 Å². The quantitative estimate of drug-likeness (QED) is 0.399. The van der Waals surface area contributed by atoms with E-state index in [0.29, 0.717) is 21.9 Å². The van der Waals surface area contributed by atoms with Gasteiger partial charge in [-0.2, -0.15) is 13.2 Å². The summed E-state index contributed by atoms with van der Waals surface area (Å²) in [4.78, 5) is 44.7. The molecule has 1 heterocycles. The number of aromatic amines is 1. The number of hydrogen-bond donors (Lipinski definition) is 3. The van der Waals surface area contributed by atoms with E-state index in [1.807, 2.05) is 0 Å². The summed E-state index contributed by atoms with van der Waals surface area (Å²) < 4.78 is 58.5. The van der Waals surface area contributed by atoms with Crippen LogP contribution in [0.5, 0.6) is 5.75 Å². The Morgan fingerprint density at radius 1 is 1.16 bits per heavy atom. The molecule has 0 saturated carbocycles. The fraction of sp³-hybridized carbons (Fsp3) is 0.263. The van der Waals surface area contributed by atoms with Crippen LogP contribution in [0, 0.1) is 0 Å². The molecule has 0 amide bonds. The topological polar surface area (TPSA) is 122 Å². The molecule has 0 radical (unpaired) electrons. The van der Waals surface area contributed by atoms with E-state index >= 15 is 0 Å². The lowest BCUT2D eigenvalue weighted by Gasteiger charge is -2.21. The molecule has 8 nitrogen and oxygen atoms in total. The standard InChI is InChI=1S/C19H18F3N2O6P/c1-10(11-3-5-12(30-2)6-4-11)13-7-16-15(8-14(13)19(20,21)22)23-17(25)18(26)24(16)9-31(27,28)29/h3-8,10H,9H2,1-2H3,(H,23,25)(H2,27,28,29). The third-order valence-corrected chi connectivity index (χ3v) is 5.51. The number of rotatable bonds is 5. The average Bonchev–Trinajstić information content (AvgIpc) is 2.68. The average molecular weight is 458 g/mol. The molecule has 0 aliphatic carbocycles. The third-order valence-electron chi connectivity index (χ3n) is 4.86. The Morgan fingerprint density at radius 3 is 2.29 bits per heavy atom. The van der Waals surface area contributed by atoms with E-state index in [9.17, 15) is 37.1 Å². The molecule has 3 N–H and O–H groups in total. The van der Waals surface area contributed by atoms with Crippen LogP contribution >= 0.6 is 7.60 Å². The highest BCUT2D eigenvalue weighted by Crippen LogP contribution is 2.41. The van der Waals surface area contributed by atoms with Crippen molar-refractivity contribution in [2.45, 2.75) is 25.3 Å². The molecule has 3 aromatic rings. The molecule has 0 saturated heterocycles. The van der Waals surface area contributed by atoms with Gasteiger partial charge in [0.05, 0.1) is 23.7 Å². The number of halogens is 3. The summed E-state index contributed by atoms with van der Waals surface area (Å²) in [6.45, 7) is 1.52. The first-order valence-electron chi connectivity index (χ1n) is 8.88. The Kier molecular flexibility index (Phi) is 5.88. The Labute approximate surface area is 173 Å². The fourth-order valence-corrected chi connectivity index (χ4v) is 3.99. The molecule has 3 rings (SSSR count). The highest BCUT2D eigenvalue weighted by Gasteiger charge is 2.36. The zero-order valence-corrected chi connectivity index (χ0v) is 17.2.